The van der Waals surface area contributed by atoms with Gasteiger partial charge in [-0.3, -0.25) is 0 Å². The molecule has 0 aliphatic rings. The van der Waals surface area contributed by atoms with Crippen molar-refractivity contribution in [3.05, 3.63) is 51.6 Å². The van der Waals surface area contributed by atoms with Gasteiger partial charge in [-0.25, -0.2) is 4.98 Å². The summed E-state index contributed by atoms with van der Waals surface area (Å²) in [6.45, 7) is 0.453. The maximum atomic E-state index is 5.98. The molecule has 0 saturated carbocycles. The van der Waals surface area contributed by atoms with Gasteiger partial charge in [0.05, 0.1) is 18.2 Å². The molecule has 1 heterocycles. The van der Waals surface area contributed by atoms with Gasteiger partial charge < -0.3 is 15.8 Å². The summed E-state index contributed by atoms with van der Waals surface area (Å²) in [4.78, 5) is 4.19. The fourth-order valence-corrected chi connectivity index (χ4v) is 2.28. The standard InChI is InChI=1S/C14H15BrClN3O/c1-20-14-5-2-9(8-18-14)13(7-17)19-10-3-4-12(16)11(15)6-10/h2-6,8,13,19H,7,17H2,1H3. The highest BCUT2D eigenvalue weighted by atomic mass is 79.9. The maximum Gasteiger partial charge on any atom is 0.212 e. The fourth-order valence-electron chi connectivity index (χ4n) is 1.78. The summed E-state index contributed by atoms with van der Waals surface area (Å²) in [6, 6.07) is 9.39. The first-order valence-corrected chi connectivity index (χ1v) is 7.22. The number of aromatic nitrogens is 1. The van der Waals surface area contributed by atoms with Crippen LogP contribution in [-0.4, -0.2) is 18.6 Å². The number of benzene rings is 1. The van der Waals surface area contributed by atoms with Gasteiger partial charge >= 0.3 is 0 Å². The Hall–Kier alpha value is -1.30. The first-order chi connectivity index (χ1) is 9.63. The zero-order valence-electron chi connectivity index (χ0n) is 10.9. The predicted octanol–water partition coefficient (Wildman–Crippen LogP) is 3.62. The lowest BCUT2D eigenvalue weighted by Gasteiger charge is -2.19. The van der Waals surface area contributed by atoms with Gasteiger partial charge in [0.15, 0.2) is 0 Å². The minimum Gasteiger partial charge on any atom is -0.481 e. The minimum absolute atomic E-state index is 0.0264. The highest BCUT2D eigenvalue weighted by molar-refractivity contribution is 9.10. The van der Waals surface area contributed by atoms with Crippen LogP contribution < -0.4 is 15.8 Å². The van der Waals surface area contributed by atoms with Crippen molar-refractivity contribution < 1.29 is 4.74 Å². The third-order valence-corrected chi connectivity index (χ3v) is 4.08. The number of anilines is 1. The molecule has 0 aliphatic carbocycles. The van der Waals surface area contributed by atoms with Gasteiger partial charge in [-0.1, -0.05) is 17.7 Å². The second-order valence-corrected chi connectivity index (χ2v) is 5.46. The van der Waals surface area contributed by atoms with Crippen LogP contribution in [0.5, 0.6) is 5.88 Å². The highest BCUT2D eigenvalue weighted by Gasteiger charge is 2.11. The van der Waals surface area contributed by atoms with Crippen molar-refractivity contribution >= 4 is 33.2 Å². The number of rotatable bonds is 5. The van der Waals surface area contributed by atoms with E-state index >= 15 is 0 Å². The molecule has 0 bridgehead atoms. The molecule has 1 aromatic heterocycles. The second-order valence-electron chi connectivity index (χ2n) is 4.20. The van der Waals surface area contributed by atoms with Gasteiger partial charge in [-0.05, 0) is 39.7 Å². The molecule has 0 aliphatic heterocycles. The van der Waals surface area contributed by atoms with Crippen molar-refractivity contribution in [1.29, 1.82) is 0 Å². The number of nitrogens with zero attached hydrogens (tertiary/aromatic N) is 1. The molecule has 2 rings (SSSR count). The van der Waals surface area contributed by atoms with Crippen LogP contribution in [0.25, 0.3) is 0 Å². The van der Waals surface area contributed by atoms with Crippen molar-refractivity contribution in [2.75, 3.05) is 19.0 Å². The summed E-state index contributed by atoms with van der Waals surface area (Å²) in [7, 11) is 1.59. The van der Waals surface area contributed by atoms with Crippen LogP contribution in [0, 0.1) is 0 Å². The number of hydrogen-bond acceptors (Lipinski definition) is 4. The zero-order valence-corrected chi connectivity index (χ0v) is 13.3. The smallest absolute Gasteiger partial charge is 0.212 e. The Balaban J connectivity index is 2.16. The third kappa shape index (κ3) is 3.62. The van der Waals surface area contributed by atoms with E-state index in [0.29, 0.717) is 17.4 Å². The van der Waals surface area contributed by atoms with Crippen molar-refractivity contribution in [2.24, 2.45) is 5.73 Å². The van der Waals surface area contributed by atoms with E-state index in [0.717, 1.165) is 15.7 Å². The average Bonchev–Trinajstić information content (AvgIpc) is 2.48. The quantitative estimate of drug-likeness (QED) is 0.859. The Morgan fingerprint density at radius 3 is 2.75 bits per heavy atom. The van der Waals surface area contributed by atoms with Crippen molar-refractivity contribution in [1.82, 2.24) is 4.98 Å². The summed E-state index contributed by atoms with van der Waals surface area (Å²) in [5.74, 6) is 0.582. The van der Waals surface area contributed by atoms with E-state index in [2.05, 4.69) is 26.2 Å². The van der Waals surface area contributed by atoms with Gasteiger partial charge in [0, 0.05) is 29.0 Å². The molecular weight excluding hydrogens is 342 g/mol. The minimum atomic E-state index is -0.0264. The van der Waals surface area contributed by atoms with E-state index in [4.69, 9.17) is 22.1 Å². The van der Waals surface area contributed by atoms with Gasteiger partial charge in [0.25, 0.3) is 0 Å². The van der Waals surface area contributed by atoms with Gasteiger partial charge in [-0.15, -0.1) is 0 Å². The van der Waals surface area contributed by atoms with Crippen LogP contribution >= 0.6 is 27.5 Å². The van der Waals surface area contributed by atoms with E-state index in [9.17, 15) is 0 Å². The molecule has 0 fully saturated rings. The Kier molecular flexibility index (Phi) is 5.23. The number of nitrogens with one attached hydrogen (secondary N) is 1. The second kappa shape index (κ2) is 6.92. The summed E-state index contributed by atoms with van der Waals surface area (Å²) in [5, 5.41) is 4.03. The molecule has 106 valence electrons. The molecule has 2 aromatic rings. The van der Waals surface area contributed by atoms with Crippen LogP contribution in [0.15, 0.2) is 41.0 Å². The molecule has 1 atom stereocenters. The Morgan fingerprint density at radius 1 is 1.40 bits per heavy atom. The topological polar surface area (TPSA) is 60.2 Å². The van der Waals surface area contributed by atoms with Gasteiger partial charge in [0.2, 0.25) is 5.88 Å². The number of pyridine rings is 1. The monoisotopic (exact) mass is 355 g/mol. The molecule has 6 heteroatoms. The number of halogens is 2. The number of ether oxygens (including phenoxy) is 1. The molecule has 4 nitrogen and oxygen atoms in total. The molecule has 0 radical (unpaired) electrons. The van der Waals surface area contributed by atoms with Crippen LogP contribution in [0.1, 0.15) is 11.6 Å². The van der Waals surface area contributed by atoms with Crippen LogP contribution in [0.2, 0.25) is 5.02 Å². The maximum absolute atomic E-state index is 5.98. The Bertz CT molecular complexity index is 577. The molecular formula is C14H15BrClN3O. The van der Waals surface area contributed by atoms with E-state index < -0.39 is 0 Å². The molecule has 1 unspecified atom stereocenters. The molecule has 0 spiro atoms. The first kappa shape index (κ1) is 15.1. The summed E-state index contributed by atoms with van der Waals surface area (Å²) < 4.78 is 5.89. The Labute approximate surface area is 131 Å². The summed E-state index contributed by atoms with van der Waals surface area (Å²) in [6.07, 6.45) is 1.76. The van der Waals surface area contributed by atoms with E-state index in [1.165, 1.54) is 0 Å². The normalized spacial score (nSPS) is 12.0. The Morgan fingerprint density at radius 2 is 2.20 bits per heavy atom. The van der Waals surface area contributed by atoms with Crippen LogP contribution in [-0.2, 0) is 0 Å². The molecule has 20 heavy (non-hydrogen) atoms. The number of nitrogens with two attached hydrogens (primary N) is 1. The van der Waals surface area contributed by atoms with Crippen molar-refractivity contribution in [2.45, 2.75) is 6.04 Å². The molecule has 3 N–H and O–H groups in total. The van der Waals surface area contributed by atoms with Crippen molar-refractivity contribution in [3.8, 4) is 5.88 Å². The summed E-state index contributed by atoms with van der Waals surface area (Å²) in [5.41, 5.74) is 7.77. The van der Waals surface area contributed by atoms with Gasteiger partial charge in [0.1, 0.15) is 0 Å². The van der Waals surface area contributed by atoms with E-state index in [-0.39, 0.29) is 6.04 Å². The predicted molar refractivity (Wildman–Crippen MR) is 85.4 cm³/mol. The number of methoxy groups -OCH3 is 1. The molecule has 0 amide bonds. The SMILES string of the molecule is COc1ccc(C(CN)Nc2ccc(Cl)c(Br)c2)cn1. The van der Waals surface area contributed by atoms with Crippen LogP contribution in [0.3, 0.4) is 0 Å². The lowest BCUT2D eigenvalue weighted by molar-refractivity contribution is 0.397. The third-order valence-electron chi connectivity index (χ3n) is 2.87. The van der Waals surface area contributed by atoms with Crippen molar-refractivity contribution in [3.63, 3.8) is 0 Å². The lowest BCUT2D eigenvalue weighted by Crippen LogP contribution is -2.20. The fraction of sp³-hybridized carbons (Fsp3) is 0.214. The zero-order chi connectivity index (χ0) is 14.5. The van der Waals surface area contributed by atoms with Crippen LogP contribution in [0.4, 0.5) is 5.69 Å². The lowest BCUT2D eigenvalue weighted by atomic mass is 10.1. The first-order valence-electron chi connectivity index (χ1n) is 6.05. The average molecular weight is 357 g/mol. The molecule has 0 saturated heterocycles. The van der Waals surface area contributed by atoms with E-state index in [1.54, 1.807) is 13.3 Å². The van der Waals surface area contributed by atoms with Gasteiger partial charge in [-0.2, -0.15) is 0 Å². The van der Waals surface area contributed by atoms with E-state index in [1.807, 2.05) is 30.3 Å². The largest absolute Gasteiger partial charge is 0.481 e. The molecule has 1 aromatic carbocycles. The highest BCUT2D eigenvalue weighted by Crippen LogP contribution is 2.27. The number of hydrogen-bond donors (Lipinski definition) is 2. The summed E-state index contributed by atoms with van der Waals surface area (Å²) >= 11 is 9.38.